The number of amides is 1. The number of rotatable bonds is 7. The van der Waals surface area contributed by atoms with Gasteiger partial charge in [0.1, 0.15) is 12.1 Å². The largest absolute Gasteiger partial charge is 0.496 e. The number of aromatic nitrogens is 4. The van der Waals surface area contributed by atoms with Crippen molar-refractivity contribution in [2.75, 3.05) is 18.2 Å². The van der Waals surface area contributed by atoms with Gasteiger partial charge in [0.25, 0.3) is 0 Å². The van der Waals surface area contributed by atoms with Crippen molar-refractivity contribution in [3.8, 4) is 17.0 Å². The summed E-state index contributed by atoms with van der Waals surface area (Å²) in [5.74, 6) is 0.696. The molecular weight excluding hydrogens is 384 g/mol. The van der Waals surface area contributed by atoms with Crippen molar-refractivity contribution >= 4 is 40.1 Å². The van der Waals surface area contributed by atoms with Crippen LogP contribution in [-0.4, -0.2) is 38.2 Å². The molecule has 0 aliphatic heterocycles. The second-order valence-electron chi connectivity index (χ2n) is 5.37. The van der Waals surface area contributed by atoms with Gasteiger partial charge in [0, 0.05) is 10.9 Å². The van der Waals surface area contributed by atoms with Gasteiger partial charge in [-0.2, -0.15) is 4.98 Å². The van der Waals surface area contributed by atoms with Gasteiger partial charge in [0.05, 0.1) is 18.1 Å². The van der Waals surface area contributed by atoms with Crippen LogP contribution in [0.4, 0.5) is 11.1 Å². The van der Waals surface area contributed by atoms with Gasteiger partial charge in [-0.1, -0.05) is 30.8 Å². The van der Waals surface area contributed by atoms with Crippen molar-refractivity contribution in [3.05, 3.63) is 36.0 Å². The van der Waals surface area contributed by atoms with E-state index in [0.29, 0.717) is 16.7 Å². The zero-order chi connectivity index (χ0) is 19.2. The summed E-state index contributed by atoms with van der Waals surface area (Å²) in [7, 11) is 1.62. The third-order valence-electron chi connectivity index (χ3n) is 3.60. The summed E-state index contributed by atoms with van der Waals surface area (Å²) in [6, 6.07) is 7.61. The number of thioether (sulfide) groups is 1. The lowest BCUT2D eigenvalue weighted by atomic mass is 10.1. The maximum atomic E-state index is 12.6. The fourth-order valence-electron chi connectivity index (χ4n) is 2.30. The average molecular weight is 403 g/mol. The van der Waals surface area contributed by atoms with Gasteiger partial charge < -0.3 is 15.8 Å². The minimum absolute atomic E-state index is 0.129. The Balaban J connectivity index is 1.71. The second-order valence-corrected chi connectivity index (χ2v) is 7.40. The summed E-state index contributed by atoms with van der Waals surface area (Å²) in [5.41, 5.74) is 7.19. The number of ether oxygens (including phenoxy) is 1. The molecule has 0 radical (unpaired) electrons. The lowest BCUT2D eigenvalue weighted by Crippen LogP contribution is -2.24. The van der Waals surface area contributed by atoms with E-state index >= 15 is 0 Å². The van der Waals surface area contributed by atoms with Crippen LogP contribution in [-0.2, 0) is 4.79 Å². The molecule has 140 valence electrons. The van der Waals surface area contributed by atoms with E-state index in [1.165, 1.54) is 29.4 Å². The highest BCUT2D eigenvalue weighted by Crippen LogP contribution is 2.32. The number of nitrogens with one attached hydrogen (secondary N) is 1. The van der Waals surface area contributed by atoms with E-state index in [-0.39, 0.29) is 17.1 Å². The summed E-state index contributed by atoms with van der Waals surface area (Å²) >= 11 is 2.60. The van der Waals surface area contributed by atoms with E-state index < -0.39 is 0 Å². The number of hydrogen-bond donors (Lipinski definition) is 2. The van der Waals surface area contributed by atoms with E-state index in [0.717, 1.165) is 17.0 Å². The molecule has 0 saturated carbocycles. The fraction of sp³-hybridized carbons (Fsp3) is 0.235. The van der Waals surface area contributed by atoms with Crippen LogP contribution >= 0.6 is 23.1 Å². The Morgan fingerprint density at radius 3 is 2.89 bits per heavy atom. The van der Waals surface area contributed by atoms with Gasteiger partial charge in [-0.05, 0) is 18.6 Å². The minimum atomic E-state index is -0.370. The molecule has 1 aromatic carbocycles. The van der Waals surface area contributed by atoms with Gasteiger partial charge in [0.15, 0.2) is 10.3 Å². The van der Waals surface area contributed by atoms with E-state index in [1.807, 2.05) is 36.6 Å². The molecule has 0 aliphatic rings. The molecule has 0 bridgehead atoms. The molecule has 0 aliphatic carbocycles. The molecule has 3 rings (SSSR count). The summed E-state index contributed by atoms with van der Waals surface area (Å²) < 4.78 is 5.37. The standard InChI is InChI=1S/C17H18N6O2S2/c1-3-13(27-16-20-9-19-15(18)23-16)14(24)22-17-21-11(8-26-17)10-6-4-5-7-12(10)25-2/h4-9,13H,3H2,1-2H3,(H,21,22,24)(H2,18,19,20,23). The van der Waals surface area contributed by atoms with Gasteiger partial charge in [0.2, 0.25) is 11.9 Å². The topological polar surface area (TPSA) is 116 Å². The number of nitrogens with two attached hydrogens (primary N) is 1. The third-order valence-corrected chi connectivity index (χ3v) is 5.59. The molecule has 0 saturated heterocycles. The Bertz CT molecular complexity index is 933. The Kier molecular flexibility index (Phi) is 6.20. The van der Waals surface area contributed by atoms with E-state index in [2.05, 4.69) is 25.3 Å². The molecule has 1 atom stereocenters. The Morgan fingerprint density at radius 1 is 1.33 bits per heavy atom. The predicted molar refractivity (Wildman–Crippen MR) is 107 cm³/mol. The first-order valence-corrected chi connectivity index (χ1v) is 9.87. The number of benzene rings is 1. The first-order chi connectivity index (χ1) is 13.1. The van der Waals surface area contributed by atoms with Crippen LogP contribution in [0.3, 0.4) is 0 Å². The average Bonchev–Trinajstić information content (AvgIpc) is 3.14. The summed E-state index contributed by atoms with van der Waals surface area (Å²) in [5, 5.41) is 5.31. The molecule has 3 aromatic rings. The van der Waals surface area contributed by atoms with Crippen molar-refractivity contribution in [2.45, 2.75) is 23.8 Å². The van der Waals surface area contributed by atoms with Gasteiger partial charge in [-0.25, -0.2) is 15.0 Å². The molecule has 27 heavy (non-hydrogen) atoms. The normalized spacial score (nSPS) is 11.8. The molecule has 1 unspecified atom stereocenters. The smallest absolute Gasteiger partial charge is 0.239 e. The molecule has 0 spiro atoms. The number of para-hydroxylation sites is 1. The van der Waals surface area contributed by atoms with Crippen LogP contribution in [0.15, 0.2) is 41.1 Å². The lowest BCUT2D eigenvalue weighted by molar-refractivity contribution is -0.115. The van der Waals surface area contributed by atoms with Crippen LogP contribution in [0.2, 0.25) is 0 Å². The number of carbonyl (C=O) groups is 1. The molecule has 3 N–H and O–H groups in total. The minimum Gasteiger partial charge on any atom is -0.496 e. The van der Waals surface area contributed by atoms with Gasteiger partial charge in [-0.3, -0.25) is 4.79 Å². The summed E-state index contributed by atoms with van der Waals surface area (Å²) in [6.45, 7) is 1.92. The third kappa shape index (κ3) is 4.72. The highest BCUT2D eigenvalue weighted by molar-refractivity contribution is 8.00. The number of hydrogen-bond acceptors (Lipinski definition) is 9. The number of nitrogens with zero attached hydrogens (tertiary/aromatic N) is 4. The Morgan fingerprint density at radius 2 is 2.15 bits per heavy atom. The van der Waals surface area contributed by atoms with Crippen molar-refractivity contribution in [1.29, 1.82) is 0 Å². The highest BCUT2D eigenvalue weighted by atomic mass is 32.2. The van der Waals surface area contributed by atoms with Crippen LogP contribution in [0.1, 0.15) is 13.3 Å². The fourth-order valence-corrected chi connectivity index (χ4v) is 3.85. The zero-order valence-corrected chi connectivity index (χ0v) is 16.4. The maximum Gasteiger partial charge on any atom is 0.239 e. The molecular formula is C17H18N6O2S2. The van der Waals surface area contributed by atoms with Gasteiger partial charge in [-0.15, -0.1) is 11.3 Å². The molecule has 2 aromatic heterocycles. The maximum absolute atomic E-state index is 12.6. The Hall–Kier alpha value is -2.72. The monoisotopic (exact) mass is 402 g/mol. The summed E-state index contributed by atoms with van der Waals surface area (Å²) in [6.07, 6.45) is 1.93. The predicted octanol–water partition coefficient (Wildman–Crippen LogP) is 3.10. The van der Waals surface area contributed by atoms with Crippen molar-refractivity contribution in [3.63, 3.8) is 0 Å². The highest BCUT2D eigenvalue weighted by Gasteiger charge is 2.21. The van der Waals surface area contributed by atoms with Gasteiger partial charge >= 0.3 is 0 Å². The number of nitrogen functional groups attached to an aromatic ring is 1. The second kappa shape index (κ2) is 8.78. The van der Waals surface area contributed by atoms with E-state index in [4.69, 9.17) is 10.5 Å². The first-order valence-electron chi connectivity index (χ1n) is 8.11. The van der Waals surface area contributed by atoms with Crippen LogP contribution in [0.25, 0.3) is 11.3 Å². The Labute approximate surface area is 164 Å². The number of methoxy groups -OCH3 is 1. The molecule has 10 heteroatoms. The van der Waals surface area contributed by atoms with Crippen molar-refractivity contribution < 1.29 is 9.53 Å². The van der Waals surface area contributed by atoms with Crippen LogP contribution < -0.4 is 15.8 Å². The number of carbonyl (C=O) groups excluding carboxylic acids is 1. The van der Waals surface area contributed by atoms with Crippen LogP contribution in [0, 0.1) is 0 Å². The molecule has 0 fully saturated rings. The van der Waals surface area contributed by atoms with Crippen molar-refractivity contribution in [1.82, 2.24) is 19.9 Å². The lowest BCUT2D eigenvalue weighted by Gasteiger charge is -2.12. The summed E-state index contributed by atoms with van der Waals surface area (Å²) in [4.78, 5) is 28.9. The van der Waals surface area contributed by atoms with Crippen LogP contribution in [0.5, 0.6) is 5.75 Å². The first kappa shape index (κ1) is 19.1. The van der Waals surface area contributed by atoms with Crippen molar-refractivity contribution in [2.24, 2.45) is 0 Å². The number of anilines is 2. The SMILES string of the molecule is CCC(Sc1ncnc(N)n1)C(=O)Nc1nc(-c2ccccc2OC)cs1. The quantitative estimate of drug-likeness (QED) is 0.579. The molecule has 2 heterocycles. The molecule has 8 nitrogen and oxygen atoms in total. The van der Waals surface area contributed by atoms with E-state index in [9.17, 15) is 4.79 Å². The van der Waals surface area contributed by atoms with E-state index in [1.54, 1.807) is 7.11 Å². The number of thiazole rings is 1. The molecule has 1 amide bonds. The zero-order valence-electron chi connectivity index (χ0n) is 14.7.